The molecule has 0 spiro atoms. The van der Waals surface area contributed by atoms with Crippen molar-refractivity contribution in [2.24, 2.45) is 11.8 Å². The second-order valence-electron chi connectivity index (χ2n) is 13.6. The quantitative estimate of drug-likeness (QED) is 0.268. The third kappa shape index (κ3) is 7.58. The van der Waals surface area contributed by atoms with E-state index in [9.17, 15) is 14.4 Å². The van der Waals surface area contributed by atoms with E-state index in [0.29, 0.717) is 10.6 Å². The van der Waals surface area contributed by atoms with Gasteiger partial charge in [0.15, 0.2) is 0 Å². The lowest BCUT2D eigenvalue weighted by Crippen LogP contribution is -2.51. The number of nitrogens with zero attached hydrogens (tertiary/aromatic N) is 3. The minimum Gasteiger partial charge on any atom is -0.456 e. The molecule has 232 valence electrons. The van der Waals surface area contributed by atoms with Gasteiger partial charge in [0.05, 0.1) is 5.56 Å². The fraction of sp³-hybridized carbons (Fsp3) is 0.571. The fourth-order valence-electron chi connectivity index (χ4n) is 6.57. The number of anilines is 1. The Balaban J connectivity index is 1.46. The second-order valence-corrected chi connectivity index (χ2v) is 14.6. The number of esters is 1. The van der Waals surface area contributed by atoms with Crippen molar-refractivity contribution >= 4 is 34.1 Å². The standard InChI is InChI=1S/C35H47N3O4S/c1-24-11-13-27(14-12-24)32(40)38(28-17-15-26(16-18-28)31(39)37-21-19-36(5)20-22-37)33-29(34(41)42-35(2,3)4)23-30(43-33)25-9-7-6-8-10-25/h6-10,23,26-28H,1,11-22H2,2-5H3. The van der Waals surface area contributed by atoms with Gasteiger partial charge in [-0.1, -0.05) is 42.5 Å². The van der Waals surface area contributed by atoms with Crippen molar-refractivity contribution in [3.63, 3.8) is 0 Å². The van der Waals surface area contributed by atoms with Crippen molar-refractivity contribution in [1.29, 1.82) is 0 Å². The molecule has 2 aliphatic carbocycles. The molecule has 2 amide bonds. The van der Waals surface area contributed by atoms with Gasteiger partial charge in [-0.05, 0) is 90.8 Å². The molecule has 1 saturated heterocycles. The predicted molar refractivity (Wildman–Crippen MR) is 173 cm³/mol. The van der Waals surface area contributed by atoms with Gasteiger partial charge < -0.3 is 14.5 Å². The van der Waals surface area contributed by atoms with Crippen LogP contribution in [0, 0.1) is 11.8 Å². The largest absolute Gasteiger partial charge is 0.456 e. The monoisotopic (exact) mass is 605 g/mol. The van der Waals surface area contributed by atoms with Gasteiger partial charge in [0.1, 0.15) is 10.6 Å². The first-order valence-electron chi connectivity index (χ1n) is 15.9. The van der Waals surface area contributed by atoms with Gasteiger partial charge in [-0.3, -0.25) is 14.5 Å². The van der Waals surface area contributed by atoms with Crippen molar-refractivity contribution in [2.45, 2.75) is 83.8 Å². The van der Waals surface area contributed by atoms with Gasteiger partial charge in [-0.2, -0.15) is 0 Å². The maximum atomic E-state index is 14.5. The number of carbonyl (C=O) groups is 3. The molecule has 43 heavy (non-hydrogen) atoms. The normalized spacial score (nSPS) is 22.3. The smallest absolute Gasteiger partial charge is 0.341 e. The van der Waals surface area contributed by atoms with Crippen molar-refractivity contribution in [3.8, 4) is 10.4 Å². The van der Waals surface area contributed by atoms with Crippen LogP contribution in [0.5, 0.6) is 0 Å². The van der Waals surface area contributed by atoms with E-state index in [1.54, 1.807) is 0 Å². The number of carbonyl (C=O) groups excluding carboxylic acids is 3. The summed E-state index contributed by atoms with van der Waals surface area (Å²) in [5.41, 5.74) is 1.99. The summed E-state index contributed by atoms with van der Waals surface area (Å²) in [6, 6.07) is 11.8. The van der Waals surface area contributed by atoms with Crippen LogP contribution in [-0.2, 0) is 14.3 Å². The zero-order chi connectivity index (χ0) is 30.7. The number of hydrogen-bond acceptors (Lipinski definition) is 6. The number of likely N-dealkylation sites (N-methyl/N-ethyl adjacent to an activating group) is 1. The Bertz CT molecular complexity index is 1300. The Morgan fingerprint density at radius 2 is 1.53 bits per heavy atom. The zero-order valence-electron chi connectivity index (χ0n) is 26.3. The van der Waals surface area contributed by atoms with Crippen molar-refractivity contribution in [1.82, 2.24) is 9.80 Å². The summed E-state index contributed by atoms with van der Waals surface area (Å²) >= 11 is 1.50. The number of hydrogen-bond donors (Lipinski definition) is 0. The van der Waals surface area contributed by atoms with E-state index in [1.807, 2.05) is 67.0 Å². The number of rotatable bonds is 6. The Morgan fingerprint density at radius 3 is 2.14 bits per heavy atom. The molecule has 0 atom stereocenters. The third-order valence-electron chi connectivity index (χ3n) is 9.11. The fourth-order valence-corrected chi connectivity index (χ4v) is 7.79. The molecular formula is C35H47N3O4S. The lowest BCUT2D eigenvalue weighted by Gasteiger charge is -2.40. The van der Waals surface area contributed by atoms with Crippen LogP contribution in [0.2, 0.25) is 0 Å². The lowest BCUT2D eigenvalue weighted by molar-refractivity contribution is -0.138. The van der Waals surface area contributed by atoms with Gasteiger partial charge in [-0.25, -0.2) is 4.79 Å². The van der Waals surface area contributed by atoms with E-state index in [1.165, 1.54) is 16.9 Å². The van der Waals surface area contributed by atoms with Crippen LogP contribution in [-0.4, -0.2) is 72.5 Å². The summed E-state index contributed by atoms with van der Waals surface area (Å²) in [6.07, 6.45) is 6.25. The average molecular weight is 606 g/mol. The number of allylic oxidation sites excluding steroid dienone is 1. The van der Waals surface area contributed by atoms with Crippen LogP contribution in [0.15, 0.2) is 48.6 Å². The first-order valence-corrected chi connectivity index (χ1v) is 16.7. The summed E-state index contributed by atoms with van der Waals surface area (Å²) in [5, 5.41) is 0.677. The molecule has 2 saturated carbocycles. The molecule has 5 rings (SSSR count). The molecule has 8 heteroatoms. The second kappa shape index (κ2) is 13.3. The highest BCUT2D eigenvalue weighted by Crippen LogP contribution is 2.44. The topological polar surface area (TPSA) is 70.2 Å². The van der Waals surface area contributed by atoms with E-state index >= 15 is 0 Å². The van der Waals surface area contributed by atoms with Crippen LogP contribution in [0.25, 0.3) is 10.4 Å². The summed E-state index contributed by atoms with van der Waals surface area (Å²) in [4.78, 5) is 48.7. The van der Waals surface area contributed by atoms with Gasteiger partial charge in [0.2, 0.25) is 11.8 Å². The molecule has 1 aliphatic heterocycles. The Labute approximate surface area is 260 Å². The van der Waals surface area contributed by atoms with E-state index in [-0.39, 0.29) is 29.7 Å². The molecule has 7 nitrogen and oxygen atoms in total. The highest BCUT2D eigenvalue weighted by atomic mass is 32.1. The van der Waals surface area contributed by atoms with E-state index in [2.05, 4.69) is 18.5 Å². The first-order chi connectivity index (χ1) is 20.5. The van der Waals surface area contributed by atoms with Gasteiger partial charge in [0, 0.05) is 48.9 Å². The SMILES string of the molecule is C=C1CCC(C(=O)N(c2sc(-c3ccccc3)cc2C(=O)OC(C)(C)C)C2CCC(C(=O)N3CCN(C)CC3)CC2)CC1. The zero-order valence-corrected chi connectivity index (χ0v) is 27.1. The molecule has 0 radical (unpaired) electrons. The molecule has 0 N–H and O–H groups in total. The molecule has 2 heterocycles. The summed E-state index contributed by atoms with van der Waals surface area (Å²) < 4.78 is 5.88. The van der Waals surface area contributed by atoms with Crippen LogP contribution >= 0.6 is 11.3 Å². The van der Waals surface area contributed by atoms with Crippen molar-refractivity contribution in [3.05, 3.63) is 54.1 Å². The molecule has 2 aromatic rings. The number of thiophene rings is 1. The van der Waals surface area contributed by atoms with Crippen LogP contribution in [0.4, 0.5) is 5.00 Å². The van der Waals surface area contributed by atoms with Crippen molar-refractivity contribution in [2.75, 3.05) is 38.1 Å². The van der Waals surface area contributed by atoms with Crippen LogP contribution < -0.4 is 4.90 Å². The Hall–Kier alpha value is -2.97. The summed E-state index contributed by atoms with van der Waals surface area (Å²) in [6.45, 7) is 13.1. The maximum Gasteiger partial charge on any atom is 0.341 e. The molecule has 3 fully saturated rings. The number of amides is 2. The first kappa shape index (κ1) is 31.5. The lowest BCUT2D eigenvalue weighted by atomic mass is 9.82. The summed E-state index contributed by atoms with van der Waals surface area (Å²) in [5.74, 6) is -0.179. The predicted octanol–water partition coefficient (Wildman–Crippen LogP) is 6.78. The maximum absolute atomic E-state index is 14.5. The van der Waals surface area contributed by atoms with Gasteiger partial charge in [0.25, 0.3) is 0 Å². The minimum atomic E-state index is -0.663. The van der Waals surface area contributed by atoms with E-state index in [0.717, 1.165) is 88.0 Å². The highest BCUT2D eigenvalue weighted by Gasteiger charge is 2.40. The van der Waals surface area contributed by atoms with Crippen molar-refractivity contribution < 1.29 is 19.1 Å². The van der Waals surface area contributed by atoms with E-state index < -0.39 is 11.6 Å². The molecule has 0 bridgehead atoms. The number of piperazine rings is 1. The Kier molecular flexibility index (Phi) is 9.76. The molecule has 3 aliphatic rings. The molecule has 1 aromatic carbocycles. The van der Waals surface area contributed by atoms with Gasteiger partial charge >= 0.3 is 5.97 Å². The number of benzene rings is 1. The highest BCUT2D eigenvalue weighted by molar-refractivity contribution is 7.20. The van der Waals surface area contributed by atoms with Gasteiger partial charge in [-0.15, -0.1) is 11.3 Å². The molecule has 1 aromatic heterocycles. The van der Waals surface area contributed by atoms with Crippen LogP contribution in [0.1, 0.15) is 82.5 Å². The average Bonchev–Trinajstić information content (AvgIpc) is 3.43. The third-order valence-corrected chi connectivity index (χ3v) is 10.3. The summed E-state index contributed by atoms with van der Waals surface area (Å²) in [7, 11) is 2.10. The molecular weight excluding hydrogens is 558 g/mol. The Morgan fingerprint density at radius 1 is 0.907 bits per heavy atom. The number of ether oxygens (including phenoxy) is 1. The molecule has 0 unspecified atom stereocenters. The minimum absolute atomic E-state index is 0.0110. The van der Waals surface area contributed by atoms with Crippen LogP contribution in [0.3, 0.4) is 0 Å². The van der Waals surface area contributed by atoms with E-state index in [4.69, 9.17) is 4.74 Å².